The van der Waals surface area contributed by atoms with Crippen molar-refractivity contribution in [1.82, 2.24) is 14.5 Å². The molecule has 134 valence electrons. The Morgan fingerprint density at radius 2 is 2.32 bits per heavy atom. The highest BCUT2D eigenvalue weighted by Gasteiger charge is 2.36. The van der Waals surface area contributed by atoms with Crippen LogP contribution in [0.4, 0.5) is 0 Å². The summed E-state index contributed by atoms with van der Waals surface area (Å²) in [5.74, 6) is 1.38. The molecule has 1 atom stereocenters. The summed E-state index contributed by atoms with van der Waals surface area (Å²) in [5.41, 5.74) is -1.06. The number of carbonyl (C=O) groups excluding carboxylic acids is 1. The van der Waals surface area contributed by atoms with Crippen LogP contribution in [0.5, 0.6) is 5.75 Å². The number of piperidine rings is 1. The van der Waals surface area contributed by atoms with Gasteiger partial charge in [-0.25, -0.2) is 4.98 Å². The largest absolute Gasteiger partial charge is 0.490 e. The molecule has 0 bridgehead atoms. The standard InChI is InChI=1S/C18H22ClN3O3/c1-14-20-7-9-21(14)11-17(23)22-8-3-6-18(24,12-22)13-25-16-5-2-4-15(19)10-16/h2,4-5,7,9-10,24H,3,6,8,11-13H2,1H3. The fourth-order valence-electron chi connectivity index (χ4n) is 3.03. The van der Waals surface area contributed by atoms with Gasteiger partial charge in [0.25, 0.3) is 0 Å². The predicted molar refractivity (Wildman–Crippen MR) is 94.7 cm³/mol. The van der Waals surface area contributed by atoms with Crippen LogP contribution in [0.15, 0.2) is 36.7 Å². The van der Waals surface area contributed by atoms with Crippen LogP contribution in [0.3, 0.4) is 0 Å². The number of aliphatic hydroxyl groups is 1. The van der Waals surface area contributed by atoms with Gasteiger partial charge in [0.15, 0.2) is 0 Å². The topological polar surface area (TPSA) is 67.6 Å². The third kappa shape index (κ3) is 4.52. The Bertz CT molecular complexity index is 749. The molecule has 1 N–H and O–H groups in total. The number of aryl methyl sites for hydroxylation is 1. The van der Waals surface area contributed by atoms with Crippen molar-refractivity contribution in [3.63, 3.8) is 0 Å². The number of imidazole rings is 1. The Labute approximate surface area is 152 Å². The van der Waals surface area contributed by atoms with E-state index in [2.05, 4.69) is 4.98 Å². The molecule has 1 saturated heterocycles. The predicted octanol–water partition coefficient (Wildman–Crippen LogP) is 2.28. The molecule has 7 heteroatoms. The zero-order valence-electron chi connectivity index (χ0n) is 14.2. The van der Waals surface area contributed by atoms with E-state index in [4.69, 9.17) is 16.3 Å². The van der Waals surface area contributed by atoms with E-state index in [-0.39, 0.29) is 25.6 Å². The number of amides is 1. The molecule has 1 aliphatic rings. The molecule has 1 aliphatic heterocycles. The van der Waals surface area contributed by atoms with Gasteiger partial charge in [-0.1, -0.05) is 17.7 Å². The van der Waals surface area contributed by atoms with Gasteiger partial charge in [0, 0.05) is 24.0 Å². The first-order valence-corrected chi connectivity index (χ1v) is 8.69. The Kier molecular flexibility index (Phi) is 5.30. The van der Waals surface area contributed by atoms with Crippen molar-refractivity contribution in [3.8, 4) is 5.75 Å². The summed E-state index contributed by atoms with van der Waals surface area (Å²) in [5, 5.41) is 11.4. The van der Waals surface area contributed by atoms with Crippen molar-refractivity contribution < 1.29 is 14.6 Å². The maximum absolute atomic E-state index is 12.5. The number of carbonyl (C=O) groups is 1. The van der Waals surface area contributed by atoms with Gasteiger partial charge >= 0.3 is 0 Å². The maximum atomic E-state index is 12.5. The van der Waals surface area contributed by atoms with Crippen LogP contribution in [0, 0.1) is 6.92 Å². The second-order valence-corrected chi connectivity index (χ2v) is 6.93. The zero-order valence-corrected chi connectivity index (χ0v) is 14.9. The first-order valence-electron chi connectivity index (χ1n) is 8.31. The van der Waals surface area contributed by atoms with Crippen LogP contribution in [0.2, 0.25) is 5.02 Å². The Hall–Kier alpha value is -2.05. The molecule has 0 radical (unpaired) electrons. The molecule has 6 nitrogen and oxygen atoms in total. The number of hydrogen-bond donors (Lipinski definition) is 1. The van der Waals surface area contributed by atoms with Gasteiger partial charge in [-0.15, -0.1) is 0 Å². The number of hydrogen-bond acceptors (Lipinski definition) is 4. The van der Waals surface area contributed by atoms with Gasteiger partial charge in [0.1, 0.15) is 30.3 Å². The van der Waals surface area contributed by atoms with Crippen molar-refractivity contribution >= 4 is 17.5 Å². The van der Waals surface area contributed by atoms with Gasteiger partial charge < -0.3 is 19.3 Å². The molecule has 1 aromatic carbocycles. The van der Waals surface area contributed by atoms with E-state index in [0.717, 1.165) is 12.2 Å². The first kappa shape index (κ1) is 17.8. The van der Waals surface area contributed by atoms with Gasteiger partial charge in [-0.05, 0) is 38.0 Å². The summed E-state index contributed by atoms with van der Waals surface area (Å²) in [7, 11) is 0. The fourth-order valence-corrected chi connectivity index (χ4v) is 3.21. The summed E-state index contributed by atoms with van der Waals surface area (Å²) >= 11 is 5.94. The molecule has 1 unspecified atom stereocenters. The van der Waals surface area contributed by atoms with Crippen molar-refractivity contribution in [2.45, 2.75) is 31.9 Å². The number of likely N-dealkylation sites (tertiary alicyclic amines) is 1. The molecular formula is C18H22ClN3O3. The van der Waals surface area contributed by atoms with E-state index in [1.54, 1.807) is 46.1 Å². The highest BCUT2D eigenvalue weighted by Crippen LogP contribution is 2.24. The molecule has 0 saturated carbocycles. The SMILES string of the molecule is Cc1nccn1CC(=O)N1CCCC(O)(COc2cccc(Cl)c2)C1. The molecule has 1 fully saturated rings. The third-order valence-electron chi connectivity index (χ3n) is 4.44. The van der Waals surface area contributed by atoms with Gasteiger partial charge in [-0.2, -0.15) is 0 Å². The van der Waals surface area contributed by atoms with Crippen molar-refractivity contribution in [1.29, 1.82) is 0 Å². The number of nitrogens with zero attached hydrogens (tertiary/aromatic N) is 3. The van der Waals surface area contributed by atoms with Gasteiger partial charge in [-0.3, -0.25) is 4.79 Å². The van der Waals surface area contributed by atoms with E-state index in [1.807, 2.05) is 6.92 Å². The Balaban J connectivity index is 1.59. The van der Waals surface area contributed by atoms with E-state index in [1.165, 1.54) is 0 Å². The minimum absolute atomic E-state index is 0.0259. The number of aromatic nitrogens is 2. The average Bonchev–Trinajstić information content (AvgIpc) is 2.98. The molecular weight excluding hydrogens is 342 g/mol. The number of rotatable bonds is 5. The minimum atomic E-state index is -1.06. The second kappa shape index (κ2) is 7.45. The Morgan fingerprint density at radius 3 is 3.04 bits per heavy atom. The molecule has 1 amide bonds. The minimum Gasteiger partial charge on any atom is -0.490 e. The lowest BCUT2D eigenvalue weighted by Crippen LogP contribution is -2.53. The van der Waals surface area contributed by atoms with E-state index in [0.29, 0.717) is 23.7 Å². The highest BCUT2D eigenvalue weighted by molar-refractivity contribution is 6.30. The summed E-state index contributed by atoms with van der Waals surface area (Å²) in [4.78, 5) is 18.4. The van der Waals surface area contributed by atoms with Crippen molar-refractivity contribution in [3.05, 3.63) is 47.5 Å². The van der Waals surface area contributed by atoms with Crippen LogP contribution in [0.25, 0.3) is 0 Å². The van der Waals surface area contributed by atoms with Crippen LogP contribution >= 0.6 is 11.6 Å². The average molecular weight is 364 g/mol. The van der Waals surface area contributed by atoms with E-state index >= 15 is 0 Å². The molecule has 2 heterocycles. The highest BCUT2D eigenvalue weighted by atomic mass is 35.5. The number of halogens is 1. The zero-order chi connectivity index (χ0) is 17.9. The van der Waals surface area contributed by atoms with Gasteiger partial charge in [0.05, 0.1) is 6.54 Å². The molecule has 0 aliphatic carbocycles. The fraction of sp³-hybridized carbons (Fsp3) is 0.444. The van der Waals surface area contributed by atoms with Gasteiger partial charge in [0.2, 0.25) is 5.91 Å². The molecule has 2 aromatic rings. The van der Waals surface area contributed by atoms with Crippen LogP contribution in [-0.4, -0.2) is 50.8 Å². The number of benzene rings is 1. The van der Waals surface area contributed by atoms with Crippen LogP contribution < -0.4 is 4.74 Å². The summed E-state index contributed by atoms with van der Waals surface area (Å²) in [6.07, 6.45) is 4.80. The second-order valence-electron chi connectivity index (χ2n) is 6.49. The quantitative estimate of drug-likeness (QED) is 0.885. The molecule has 3 rings (SSSR count). The number of β-amino-alcohol motifs (C(OH)–C–C–N with tert-alkyl or cyclic N) is 1. The van der Waals surface area contributed by atoms with E-state index < -0.39 is 5.60 Å². The summed E-state index contributed by atoms with van der Waals surface area (Å²) in [6.45, 7) is 3.13. The molecule has 25 heavy (non-hydrogen) atoms. The third-order valence-corrected chi connectivity index (χ3v) is 4.68. The van der Waals surface area contributed by atoms with Crippen molar-refractivity contribution in [2.75, 3.05) is 19.7 Å². The van der Waals surface area contributed by atoms with Crippen LogP contribution in [-0.2, 0) is 11.3 Å². The summed E-state index contributed by atoms with van der Waals surface area (Å²) in [6, 6.07) is 7.06. The lowest BCUT2D eigenvalue weighted by Gasteiger charge is -2.39. The first-order chi connectivity index (χ1) is 12.0. The number of ether oxygens (including phenoxy) is 1. The molecule has 0 spiro atoms. The van der Waals surface area contributed by atoms with E-state index in [9.17, 15) is 9.90 Å². The summed E-state index contributed by atoms with van der Waals surface area (Å²) < 4.78 is 7.50. The molecule has 1 aromatic heterocycles. The lowest BCUT2D eigenvalue weighted by molar-refractivity contribution is -0.140. The lowest BCUT2D eigenvalue weighted by atomic mass is 9.93. The smallest absolute Gasteiger partial charge is 0.242 e. The Morgan fingerprint density at radius 1 is 1.48 bits per heavy atom. The maximum Gasteiger partial charge on any atom is 0.242 e. The monoisotopic (exact) mass is 363 g/mol. The van der Waals surface area contributed by atoms with Crippen LogP contribution in [0.1, 0.15) is 18.7 Å². The van der Waals surface area contributed by atoms with Crippen molar-refractivity contribution in [2.24, 2.45) is 0 Å². The normalized spacial score (nSPS) is 20.5.